The predicted molar refractivity (Wildman–Crippen MR) is 142 cm³/mol. The highest BCUT2D eigenvalue weighted by molar-refractivity contribution is 7.92. The van der Waals surface area contributed by atoms with Gasteiger partial charge in [0.05, 0.1) is 11.9 Å². The molecule has 0 saturated heterocycles. The fourth-order valence-electron chi connectivity index (χ4n) is 3.75. The number of hydrogen-bond acceptors (Lipinski definition) is 4. The van der Waals surface area contributed by atoms with E-state index in [0.717, 1.165) is 28.1 Å². The third-order valence-electron chi connectivity index (χ3n) is 6.00. The van der Waals surface area contributed by atoms with Crippen molar-refractivity contribution in [2.45, 2.75) is 66.1 Å². The highest BCUT2D eigenvalue weighted by atomic mass is 35.5. The zero-order valence-corrected chi connectivity index (χ0v) is 22.9. The van der Waals surface area contributed by atoms with Crippen LogP contribution >= 0.6 is 11.6 Å². The first kappa shape index (κ1) is 28.7. The van der Waals surface area contributed by atoms with Gasteiger partial charge in [0.15, 0.2) is 0 Å². The maximum Gasteiger partial charge on any atom is 0.244 e. The van der Waals surface area contributed by atoms with Gasteiger partial charge in [-0.05, 0) is 62.4 Å². The van der Waals surface area contributed by atoms with E-state index in [4.69, 9.17) is 11.6 Å². The first-order valence-corrected chi connectivity index (χ1v) is 14.0. The second kappa shape index (κ2) is 12.4. The highest BCUT2D eigenvalue weighted by Gasteiger charge is 2.32. The van der Waals surface area contributed by atoms with Crippen molar-refractivity contribution in [2.75, 3.05) is 17.1 Å². The van der Waals surface area contributed by atoms with Gasteiger partial charge in [-0.2, -0.15) is 0 Å². The van der Waals surface area contributed by atoms with Crippen LogP contribution in [0.4, 0.5) is 5.69 Å². The zero-order chi connectivity index (χ0) is 26.3. The molecule has 0 aromatic heterocycles. The van der Waals surface area contributed by atoms with Crippen molar-refractivity contribution < 1.29 is 18.0 Å². The summed E-state index contributed by atoms with van der Waals surface area (Å²) in [6, 6.07) is 11.7. The molecule has 2 unspecified atom stereocenters. The monoisotopic (exact) mass is 521 g/mol. The van der Waals surface area contributed by atoms with Gasteiger partial charge in [0.25, 0.3) is 0 Å². The lowest BCUT2D eigenvalue weighted by Crippen LogP contribution is -2.53. The van der Waals surface area contributed by atoms with Crippen molar-refractivity contribution >= 4 is 39.1 Å². The lowest BCUT2D eigenvalue weighted by Gasteiger charge is -2.34. The molecule has 2 aromatic carbocycles. The molecule has 0 aliphatic rings. The number of nitrogens with one attached hydrogen (secondary N) is 1. The Morgan fingerprint density at radius 1 is 1.06 bits per heavy atom. The average molecular weight is 522 g/mol. The van der Waals surface area contributed by atoms with Crippen LogP contribution in [-0.2, 0) is 26.2 Å². The molecule has 2 aromatic rings. The Morgan fingerprint density at radius 3 is 2.29 bits per heavy atom. The molecule has 7 nitrogen and oxygen atoms in total. The summed E-state index contributed by atoms with van der Waals surface area (Å²) in [4.78, 5) is 28.3. The number of carbonyl (C=O) groups is 2. The Kier molecular flexibility index (Phi) is 10.2. The topological polar surface area (TPSA) is 86.8 Å². The Hall–Kier alpha value is -2.58. The van der Waals surface area contributed by atoms with E-state index in [0.29, 0.717) is 22.7 Å². The van der Waals surface area contributed by atoms with Gasteiger partial charge >= 0.3 is 0 Å². The van der Waals surface area contributed by atoms with E-state index < -0.39 is 28.5 Å². The summed E-state index contributed by atoms with van der Waals surface area (Å²) >= 11 is 6.37. The van der Waals surface area contributed by atoms with Crippen LogP contribution in [0.25, 0.3) is 0 Å². The quantitative estimate of drug-likeness (QED) is 0.473. The van der Waals surface area contributed by atoms with Crippen LogP contribution in [0.2, 0.25) is 5.02 Å². The number of rotatable bonds is 11. The van der Waals surface area contributed by atoms with Crippen molar-refractivity contribution in [3.63, 3.8) is 0 Å². The van der Waals surface area contributed by atoms with Crippen molar-refractivity contribution in [3.05, 3.63) is 64.2 Å². The lowest BCUT2D eigenvalue weighted by atomic mass is 10.1. The molecule has 192 valence electrons. The fourth-order valence-corrected chi connectivity index (χ4v) is 4.85. The second-order valence-corrected chi connectivity index (χ2v) is 11.2. The van der Waals surface area contributed by atoms with Crippen molar-refractivity contribution in [1.29, 1.82) is 0 Å². The first-order chi connectivity index (χ1) is 16.4. The van der Waals surface area contributed by atoms with Gasteiger partial charge in [0, 0.05) is 17.6 Å². The van der Waals surface area contributed by atoms with Gasteiger partial charge in [-0.15, -0.1) is 0 Å². The summed E-state index contributed by atoms with van der Waals surface area (Å²) in [5.41, 5.74) is 2.72. The molecule has 1 N–H and O–H groups in total. The van der Waals surface area contributed by atoms with Crippen molar-refractivity contribution in [2.24, 2.45) is 0 Å². The highest BCUT2D eigenvalue weighted by Crippen LogP contribution is 2.25. The largest absolute Gasteiger partial charge is 0.352 e. The average Bonchev–Trinajstić information content (AvgIpc) is 2.79. The van der Waals surface area contributed by atoms with Crippen LogP contribution in [0.1, 0.15) is 50.3 Å². The van der Waals surface area contributed by atoms with Gasteiger partial charge in [0.1, 0.15) is 12.6 Å². The molecule has 2 atom stereocenters. The van der Waals surface area contributed by atoms with Gasteiger partial charge in [-0.3, -0.25) is 13.9 Å². The van der Waals surface area contributed by atoms with Gasteiger partial charge in [0.2, 0.25) is 21.8 Å². The third kappa shape index (κ3) is 7.70. The molecule has 0 heterocycles. The molecule has 0 fully saturated rings. The van der Waals surface area contributed by atoms with E-state index in [9.17, 15) is 18.0 Å². The number of sulfonamides is 1. The molecule has 0 bridgehead atoms. The van der Waals surface area contributed by atoms with Crippen LogP contribution < -0.4 is 9.62 Å². The minimum atomic E-state index is -3.78. The van der Waals surface area contributed by atoms with Crippen LogP contribution in [0.15, 0.2) is 42.5 Å². The van der Waals surface area contributed by atoms with Gasteiger partial charge in [-0.25, -0.2) is 8.42 Å². The Bertz CT molecular complexity index is 1150. The van der Waals surface area contributed by atoms with Crippen molar-refractivity contribution in [1.82, 2.24) is 10.2 Å². The lowest BCUT2D eigenvalue weighted by molar-refractivity contribution is -0.140. The Morgan fingerprint density at radius 2 is 1.71 bits per heavy atom. The van der Waals surface area contributed by atoms with E-state index in [1.165, 1.54) is 4.90 Å². The zero-order valence-electron chi connectivity index (χ0n) is 21.3. The number of halogens is 1. The number of anilines is 1. The molecular weight excluding hydrogens is 486 g/mol. The molecule has 35 heavy (non-hydrogen) atoms. The van der Waals surface area contributed by atoms with Crippen LogP contribution in [-0.4, -0.2) is 50.0 Å². The number of amides is 2. The van der Waals surface area contributed by atoms with Crippen LogP contribution in [0.5, 0.6) is 0 Å². The number of nitrogens with zero attached hydrogens (tertiary/aromatic N) is 2. The standard InChI is InChI=1S/C26H36ClN3O4S/c1-7-20(5)28-26(32)23(8-2)29(16-21-11-9-10-12-22(21)27)25(31)17-30(35(6,33)34)24-15-18(3)13-14-19(24)4/h9-15,20,23H,7-8,16-17H2,1-6H3,(H,28,32). The van der Waals surface area contributed by atoms with Gasteiger partial charge < -0.3 is 10.2 Å². The second-order valence-electron chi connectivity index (χ2n) is 8.91. The molecule has 0 aliphatic carbocycles. The van der Waals surface area contributed by atoms with Crippen molar-refractivity contribution in [3.8, 4) is 0 Å². The number of hydrogen-bond donors (Lipinski definition) is 1. The summed E-state index contributed by atoms with van der Waals surface area (Å²) in [7, 11) is -3.78. The minimum absolute atomic E-state index is 0.0590. The molecular formula is C26H36ClN3O4S. The molecule has 0 aliphatic heterocycles. The predicted octanol–water partition coefficient (Wildman–Crippen LogP) is 4.44. The van der Waals surface area contributed by atoms with Crippen LogP contribution in [0, 0.1) is 13.8 Å². The molecule has 0 saturated carbocycles. The summed E-state index contributed by atoms with van der Waals surface area (Å²) in [5.74, 6) is -0.762. The molecule has 0 spiro atoms. The SMILES string of the molecule is CCC(C)NC(=O)C(CC)N(Cc1ccccc1Cl)C(=O)CN(c1cc(C)ccc1C)S(C)(=O)=O. The maximum absolute atomic E-state index is 13.7. The normalized spacial score (nSPS) is 13.1. The first-order valence-electron chi connectivity index (χ1n) is 11.8. The third-order valence-corrected chi connectivity index (χ3v) is 7.49. The molecule has 2 amide bonds. The molecule has 2 rings (SSSR count). The summed E-state index contributed by atoms with van der Waals surface area (Å²) < 4.78 is 26.7. The summed E-state index contributed by atoms with van der Waals surface area (Å²) in [5, 5.41) is 3.42. The number of benzene rings is 2. The number of carbonyl (C=O) groups excluding carboxylic acids is 2. The van der Waals surface area contributed by atoms with E-state index in [1.807, 2.05) is 45.9 Å². The van der Waals surface area contributed by atoms with E-state index in [-0.39, 0.29) is 18.5 Å². The van der Waals surface area contributed by atoms with Gasteiger partial charge in [-0.1, -0.05) is 55.8 Å². The smallest absolute Gasteiger partial charge is 0.244 e. The Labute approximate surface area is 214 Å². The molecule has 0 radical (unpaired) electrons. The summed E-state index contributed by atoms with van der Waals surface area (Å²) in [6.07, 6.45) is 2.18. The van der Waals surface area contributed by atoms with E-state index in [1.54, 1.807) is 31.2 Å². The van der Waals surface area contributed by atoms with E-state index >= 15 is 0 Å². The Balaban J connectivity index is 2.50. The van der Waals surface area contributed by atoms with E-state index in [2.05, 4.69) is 5.32 Å². The fraction of sp³-hybridized carbons (Fsp3) is 0.462. The molecule has 9 heteroatoms. The summed E-state index contributed by atoms with van der Waals surface area (Å²) in [6.45, 7) is 9.00. The number of aryl methyl sites for hydroxylation is 2. The van der Waals surface area contributed by atoms with Crippen LogP contribution in [0.3, 0.4) is 0 Å². The minimum Gasteiger partial charge on any atom is -0.352 e. The maximum atomic E-state index is 13.7.